The number of benzene rings is 2. The van der Waals surface area contributed by atoms with Crippen LogP contribution in [0.15, 0.2) is 54.6 Å². The predicted molar refractivity (Wildman–Crippen MR) is 109 cm³/mol. The molecule has 3 aromatic rings. The molecule has 144 valence electrons. The molecule has 2 aromatic carbocycles. The van der Waals surface area contributed by atoms with Crippen LogP contribution in [0.2, 0.25) is 5.02 Å². The number of carbonyl (C=O) groups excluding carboxylic acids is 1. The number of pyridine rings is 1. The number of amides is 1. The molecule has 2 heterocycles. The van der Waals surface area contributed by atoms with Gasteiger partial charge in [0.1, 0.15) is 5.69 Å². The summed E-state index contributed by atoms with van der Waals surface area (Å²) in [5, 5.41) is 14.6. The number of aromatic nitrogens is 1. The van der Waals surface area contributed by atoms with Crippen LogP contribution in [-0.4, -0.2) is 41.4 Å². The van der Waals surface area contributed by atoms with Gasteiger partial charge < -0.3 is 15.2 Å². The number of nitrogens with zero attached hydrogens (tertiary/aromatic N) is 1. The smallest absolute Gasteiger partial charge is 0.270 e. The first kappa shape index (κ1) is 18.9. The molecule has 0 spiro atoms. The lowest BCUT2D eigenvalue weighted by molar-refractivity contribution is -0.0261. The Balaban J connectivity index is 1.65. The van der Waals surface area contributed by atoms with Gasteiger partial charge in [0.25, 0.3) is 5.91 Å². The zero-order valence-electron chi connectivity index (χ0n) is 15.3. The van der Waals surface area contributed by atoms with Crippen LogP contribution in [0.4, 0.5) is 0 Å². The SMILES string of the molecule is O=C(N[C@H]1CCOC[C@H]1O)c1cc(Cc2ccc(Cl)cc2)c2ccccc2n1. The number of halogens is 1. The standard InChI is InChI=1S/C22H21ClN2O3/c23-16-7-5-14(6-8-16)11-15-12-20(24-18-4-2-1-3-17(15)18)22(27)25-19-9-10-28-13-21(19)26/h1-8,12,19,21,26H,9-11,13H2,(H,25,27)/t19-,21+/m0/s1. The lowest BCUT2D eigenvalue weighted by Crippen LogP contribution is -2.48. The normalized spacial score (nSPS) is 19.5. The Kier molecular flexibility index (Phi) is 5.57. The number of para-hydroxylation sites is 1. The maximum atomic E-state index is 12.8. The van der Waals surface area contributed by atoms with E-state index in [-0.39, 0.29) is 18.6 Å². The summed E-state index contributed by atoms with van der Waals surface area (Å²) in [4.78, 5) is 17.3. The van der Waals surface area contributed by atoms with Crippen molar-refractivity contribution < 1.29 is 14.6 Å². The van der Waals surface area contributed by atoms with Crippen LogP contribution in [0.3, 0.4) is 0 Å². The highest BCUT2D eigenvalue weighted by molar-refractivity contribution is 6.30. The van der Waals surface area contributed by atoms with Gasteiger partial charge in [-0.05, 0) is 48.2 Å². The fraction of sp³-hybridized carbons (Fsp3) is 0.273. The molecule has 1 aliphatic rings. The summed E-state index contributed by atoms with van der Waals surface area (Å²) in [5.74, 6) is -0.283. The summed E-state index contributed by atoms with van der Waals surface area (Å²) in [5.41, 5.74) is 3.24. The van der Waals surface area contributed by atoms with Gasteiger partial charge in [-0.1, -0.05) is 41.9 Å². The fourth-order valence-electron chi connectivity index (χ4n) is 3.47. The average Bonchev–Trinajstić information content (AvgIpc) is 2.71. The van der Waals surface area contributed by atoms with Crippen molar-refractivity contribution >= 4 is 28.4 Å². The first-order chi connectivity index (χ1) is 13.6. The van der Waals surface area contributed by atoms with Gasteiger partial charge in [0, 0.05) is 17.0 Å². The average molecular weight is 397 g/mol. The molecule has 5 nitrogen and oxygen atoms in total. The van der Waals surface area contributed by atoms with Crippen molar-refractivity contribution in [1.29, 1.82) is 0 Å². The van der Waals surface area contributed by atoms with E-state index < -0.39 is 6.10 Å². The van der Waals surface area contributed by atoms with Crippen LogP contribution in [0.1, 0.15) is 28.0 Å². The summed E-state index contributed by atoms with van der Waals surface area (Å²) in [6, 6.07) is 17.0. The Hall–Kier alpha value is -2.47. The minimum atomic E-state index is -0.702. The fourth-order valence-corrected chi connectivity index (χ4v) is 3.59. The zero-order chi connectivity index (χ0) is 19.5. The van der Waals surface area contributed by atoms with Crippen LogP contribution in [0, 0.1) is 0 Å². The van der Waals surface area contributed by atoms with Gasteiger partial charge in [-0.15, -0.1) is 0 Å². The van der Waals surface area contributed by atoms with E-state index in [2.05, 4.69) is 10.3 Å². The molecule has 1 amide bonds. The van der Waals surface area contributed by atoms with Crippen molar-refractivity contribution in [3.8, 4) is 0 Å². The third kappa shape index (κ3) is 4.17. The second-order valence-corrected chi connectivity index (χ2v) is 7.43. The summed E-state index contributed by atoms with van der Waals surface area (Å²) in [7, 11) is 0. The van der Waals surface area contributed by atoms with Crippen molar-refractivity contribution in [1.82, 2.24) is 10.3 Å². The molecule has 4 rings (SSSR count). The molecule has 0 unspecified atom stereocenters. The summed E-state index contributed by atoms with van der Waals surface area (Å²) < 4.78 is 5.22. The number of hydrogen-bond acceptors (Lipinski definition) is 4. The molecule has 28 heavy (non-hydrogen) atoms. The molecule has 1 aromatic heterocycles. The number of aliphatic hydroxyl groups excluding tert-OH is 1. The number of ether oxygens (including phenoxy) is 1. The third-order valence-corrected chi connectivity index (χ3v) is 5.24. The van der Waals surface area contributed by atoms with Gasteiger partial charge in [0.15, 0.2) is 0 Å². The molecule has 1 aliphatic heterocycles. The zero-order valence-corrected chi connectivity index (χ0v) is 16.0. The van der Waals surface area contributed by atoms with E-state index in [0.29, 0.717) is 30.2 Å². The first-order valence-corrected chi connectivity index (χ1v) is 9.68. The van der Waals surface area contributed by atoms with Gasteiger partial charge in [-0.3, -0.25) is 4.79 Å². The molecule has 1 saturated heterocycles. The minimum Gasteiger partial charge on any atom is -0.389 e. The van der Waals surface area contributed by atoms with Crippen LogP contribution >= 0.6 is 11.6 Å². The van der Waals surface area contributed by atoms with Crippen LogP contribution in [0.25, 0.3) is 10.9 Å². The highest BCUT2D eigenvalue weighted by Gasteiger charge is 2.26. The maximum absolute atomic E-state index is 12.8. The summed E-state index contributed by atoms with van der Waals surface area (Å²) >= 11 is 5.99. The number of nitrogens with one attached hydrogen (secondary N) is 1. The highest BCUT2D eigenvalue weighted by atomic mass is 35.5. The van der Waals surface area contributed by atoms with Crippen LogP contribution < -0.4 is 5.32 Å². The Bertz CT molecular complexity index is 991. The van der Waals surface area contributed by atoms with E-state index >= 15 is 0 Å². The quantitative estimate of drug-likeness (QED) is 0.709. The van der Waals surface area contributed by atoms with Gasteiger partial charge in [0.05, 0.1) is 24.3 Å². The summed E-state index contributed by atoms with van der Waals surface area (Å²) in [6.45, 7) is 0.757. The first-order valence-electron chi connectivity index (χ1n) is 9.30. The Morgan fingerprint density at radius 1 is 1.21 bits per heavy atom. The van der Waals surface area contributed by atoms with Crippen molar-refractivity contribution in [2.45, 2.75) is 25.0 Å². The van der Waals surface area contributed by atoms with Gasteiger partial charge in [-0.2, -0.15) is 0 Å². The van der Waals surface area contributed by atoms with E-state index in [1.54, 1.807) is 0 Å². The second-order valence-electron chi connectivity index (χ2n) is 7.00. The molecule has 0 radical (unpaired) electrons. The Morgan fingerprint density at radius 2 is 2.00 bits per heavy atom. The van der Waals surface area contributed by atoms with E-state index in [4.69, 9.17) is 16.3 Å². The van der Waals surface area contributed by atoms with Gasteiger partial charge >= 0.3 is 0 Å². The number of carbonyl (C=O) groups is 1. The molecule has 2 atom stereocenters. The molecule has 0 bridgehead atoms. The van der Waals surface area contributed by atoms with Crippen LogP contribution in [-0.2, 0) is 11.2 Å². The second kappa shape index (κ2) is 8.27. The number of fused-ring (bicyclic) bond motifs is 1. The monoisotopic (exact) mass is 396 g/mol. The minimum absolute atomic E-state index is 0.234. The lowest BCUT2D eigenvalue weighted by Gasteiger charge is -2.28. The number of hydrogen-bond donors (Lipinski definition) is 2. The molecule has 0 saturated carbocycles. The van der Waals surface area contributed by atoms with Crippen molar-refractivity contribution in [2.24, 2.45) is 0 Å². The van der Waals surface area contributed by atoms with Crippen molar-refractivity contribution in [3.63, 3.8) is 0 Å². The largest absolute Gasteiger partial charge is 0.389 e. The predicted octanol–water partition coefficient (Wildman–Crippen LogP) is 3.36. The number of aliphatic hydroxyl groups is 1. The van der Waals surface area contributed by atoms with E-state index in [1.165, 1.54) is 0 Å². The van der Waals surface area contributed by atoms with E-state index in [1.807, 2.05) is 54.6 Å². The third-order valence-electron chi connectivity index (χ3n) is 4.99. The lowest BCUT2D eigenvalue weighted by atomic mass is 9.99. The van der Waals surface area contributed by atoms with Gasteiger partial charge in [0.2, 0.25) is 0 Å². The topological polar surface area (TPSA) is 71.5 Å². The number of rotatable bonds is 4. The molecular weight excluding hydrogens is 376 g/mol. The Morgan fingerprint density at radius 3 is 2.79 bits per heavy atom. The van der Waals surface area contributed by atoms with Crippen LogP contribution in [0.5, 0.6) is 0 Å². The highest BCUT2D eigenvalue weighted by Crippen LogP contribution is 2.22. The maximum Gasteiger partial charge on any atom is 0.270 e. The van der Waals surface area contributed by atoms with E-state index in [9.17, 15) is 9.90 Å². The molecule has 2 N–H and O–H groups in total. The van der Waals surface area contributed by atoms with Gasteiger partial charge in [-0.25, -0.2) is 4.98 Å². The molecule has 1 fully saturated rings. The summed E-state index contributed by atoms with van der Waals surface area (Å²) in [6.07, 6.45) is 0.546. The molecule has 6 heteroatoms. The van der Waals surface area contributed by atoms with E-state index in [0.717, 1.165) is 22.0 Å². The van der Waals surface area contributed by atoms with Crippen molar-refractivity contribution in [2.75, 3.05) is 13.2 Å². The molecular formula is C22H21ClN2O3. The van der Waals surface area contributed by atoms with Crippen molar-refractivity contribution in [3.05, 3.63) is 76.4 Å². The molecule has 0 aliphatic carbocycles. The Labute approximate surface area is 168 Å².